The largest absolute Gasteiger partial charge is 0.494 e. The van der Waals surface area contributed by atoms with E-state index in [9.17, 15) is 0 Å². The molecule has 0 unspecified atom stereocenters. The molecule has 146 valence electrons. The molecule has 0 atom stereocenters. The van der Waals surface area contributed by atoms with Crippen LogP contribution in [-0.2, 0) is 5.41 Å². The van der Waals surface area contributed by atoms with Crippen molar-refractivity contribution < 1.29 is 4.74 Å². The molecule has 0 saturated heterocycles. The molecule has 0 aliphatic carbocycles. The van der Waals surface area contributed by atoms with Crippen LogP contribution < -0.4 is 4.74 Å². The molecule has 1 aromatic heterocycles. The van der Waals surface area contributed by atoms with Gasteiger partial charge in [-0.2, -0.15) is 0 Å². The lowest BCUT2D eigenvalue weighted by atomic mass is 9.87. The molecule has 0 bridgehead atoms. The van der Waals surface area contributed by atoms with E-state index in [-0.39, 0.29) is 5.41 Å². The van der Waals surface area contributed by atoms with Crippen LogP contribution in [0.3, 0.4) is 0 Å². The van der Waals surface area contributed by atoms with Crippen LogP contribution in [0.1, 0.15) is 50.2 Å². The van der Waals surface area contributed by atoms with Crippen molar-refractivity contribution in [2.75, 3.05) is 6.61 Å². The third-order valence-corrected chi connectivity index (χ3v) is 4.94. The molecule has 0 radical (unpaired) electrons. The smallest absolute Gasteiger partial charge is 0.121 e. The Kier molecular flexibility index (Phi) is 5.73. The van der Waals surface area contributed by atoms with Crippen LogP contribution in [0.4, 0.5) is 5.69 Å². The van der Waals surface area contributed by atoms with Gasteiger partial charge in [0.25, 0.3) is 0 Å². The Balaban J connectivity index is 1.89. The first kappa shape index (κ1) is 19.9. The summed E-state index contributed by atoms with van der Waals surface area (Å²) in [6.07, 6.45) is 1.94. The highest BCUT2D eigenvalue weighted by Gasteiger charge is 2.14. The lowest BCUT2D eigenvalue weighted by Crippen LogP contribution is -2.11. The molecule has 28 heavy (non-hydrogen) atoms. The van der Waals surface area contributed by atoms with Crippen LogP contribution >= 0.6 is 0 Å². The van der Waals surface area contributed by atoms with Gasteiger partial charge in [0.05, 0.1) is 12.3 Å². The van der Waals surface area contributed by atoms with E-state index in [0.29, 0.717) is 6.61 Å². The first-order chi connectivity index (χ1) is 13.3. The van der Waals surface area contributed by atoms with E-state index in [4.69, 9.17) is 4.74 Å². The number of aromatic nitrogens is 1. The molecule has 0 saturated carbocycles. The molecular formula is C25H30N2O. The SMILES string of the molecule is CCOc1cccc(N=Cc2cc(C)n(-c3ccc(C(C)(C)C)cc3)c2C)c1. The summed E-state index contributed by atoms with van der Waals surface area (Å²) >= 11 is 0. The summed E-state index contributed by atoms with van der Waals surface area (Å²) in [6, 6.07) is 18.9. The normalized spacial score (nSPS) is 11.9. The van der Waals surface area contributed by atoms with Crippen molar-refractivity contribution in [3.63, 3.8) is 0 Å². The molecule has 2 aromatic carbocycles. The van der Waals surface area contributed by atoms with E-state index < -0.39 is 0 Å². The zero-order chi connectivity index (χ0) is 20.3. The summed E-state index contributed by atoms with van der Waals surface area (Å²) in [5, 5.41) is 0. The molecule has 0 fully saturated rings. The van der Waals surface area contributed by atoms with Crippen molar-refractivity contribution in [3.8, 4) is 11.4 Å². The van der Waals surface area contributed by atoms with E-state index in [0.717, 1.165) is 17.0 Å². The number of benzene rings is 2. The van der Waals surface area contributed by atoms with Crippen molar-refractivity contribution in [3.05, 3.63) is 77.1 Å². The van der Waals surface area contributed by atoms with Gasteiger partial charge < -0.3 is 9.30 Å². The Bertz CT molecular complexity index is 973. The summed E-state index contributed by atoms with van der Waals surface area (Å²) in [7, 11) is 0. The van der Waals surface area contributed by atoms with Crippen molar-refractivity contribution in [1.29, 1.82) is 0 Å². The molecule has 0 N–H and O–H groups in total. The summed E-state index contributed by atoms with van der Waals surface area (Å²) in [6.45, 7) is 13.6. The molecule has 0 aliphatic rings. The predicted molar refractivity (Wildman–Crippen MR) is 119 cm³/mol. The highest BCUT2D eigenvalue weighted by Crippen LogP contribution is 2.26. The van der Waals surface area contributed by atoms with Gasteiger partial charge in [-0.1, -0.05) is 39.0 Å². The van der Waals surface area contributed by atoms with E-state index in [2.05, 4.69) is 74.5 Å². The third kappa shape index (κ3) is 4.36. The molecule has 3 rings (SSSR count). The van der Waals surface area contributed by atoms with Crippen LogP contribution in [-0.4, -0.2) is 17.4 Å². The topological polar surface area (TPSA) is 26.5 Å². The number of rotatable bonds is 5. The lowest BCUT2D eigenvalue weighted by molar-refractivity contribution is 0.340. The number of ether oxygens (including phenoxy) is 1. The first-order valence-corrected chi connectivity index (χ1v) is 9.86. The summed E-state index contributed by atoms with van der Waals surface area (Å²) in [5.41, 5.74) is 7.09. The second-order valence-corrected chi connectivity index (χ2v) is 8.15. The van der Waals surface area contributed by atoms with Crippen LogP contribution in [0, 0.1) is 13.8 Å². The number of hydrogen-bond acceptors (Lipinski definition) is 2. The molecule has 1 heterocycles. The van der Waals surface area contributed by atoms with Gasteiger partial charge in [-0.05, 0) is 62.1 Å². The molecular weight excluding hydrogens is 344 g/mol. The van der Waals surface area contributed by atoms with Crippen molar-refractivity contribution in [2.45, 2.75) is 47.0 Å². The fraction of sp³-hybridized carbons (Fsp3) is 0.320. The summed E-state index contributed by atoms with van der Waals surface area (Å²) in [5.74, 6) is 0.849. The Morgan fingerprint density at radius 1 is 1.00 bits per heavy atom. The van der Waals surface area contributed by atoms with Crippen LogP contribution in [0.2, 0.25) is 0 Å². The van der Waals surface area contributed by atoms with Gasteiger partial charge in [0, 0.05) is 34.9 Å². The number of aliphatic imine (C=N–C) groups is 1. The zero-order valence-electron chi connectivity index (χ0n) is 17.8. The average molecular weight is 375 g/mol. The van der Waals surface area contributed by atoms with Crippen LogP contribution in [0.5, 0.6) is 5.75 Å². The average Bonchev–Trinajstić information content (AvgIpc) is 2.93. The van der Waals surface area contributed by atoms with E-state index in [1.807, 2.05) is 37.4 Å². The molecule has 0 amide bonds. The third-order valence-electron chi connectivity index (χ3n) is 4.94. The predicted octanol–water partition coefficient (Wildman–Crippen LogP) is 6.54. The van der Waals surface area contributed by atoms with E-state index >= 15 is 0 Å². The molecule has 3 aromatic rings. The van der Waals surface area contributed by atoms with Crippen molar-refractivity contribution >= 4 is 11.9 Å². The van der Waals surface area contributed by atoms with E-state index in [1.165, 1.54) is 22.6 Å². The Labute approximate surface area is 168 Å². The minimum atomic E-state index is 0.160. The number of nitrogens with zero attached hydrogens (tertiary/aromatic N) is 2. The second kappa shape index (κ2) is 8.05. The number of hydrogen-bond donors (Lipinski definition) is 0. The highest BCUT2D eigenvalue weighted by molar-refractivity contribution is 5.84. The van der Waals surface area contributed by atoms with Gasteiger partial charge in [0.2, 0.25) is 0 Å². The maximum atomic E-state index is 5.56. The van der Waals surface area contributed by atoms with Crippen molar-refractivity contribution in [1.82, 2.24) is 4.57 Å². The lowest BCUT2D eigenvalue weighted by Gasteiger charge is -2.20. The van der Waals surface area contributed by atoms with Gasteiger partial charge in [-0.3, -0.25) is 4.99 Å². The van der Waals surface area contributed by atoms with Gasteiger partial charge in [-0.25, -0.2) is 0 Å². The Morgan fingerprint density at radius 2 is 1.71 bits per heavy atom. The molecule has 0 spiro atoms. The van der Waals surface area contributed by atoms with Crippen LogP contribution in [0.25, 0.3) is 5.69 Å². The molecule has 0 aliphatic heterocycles. The van der Waals surface area contributed by atoms with Crippen LogP contribution in [0.15, 0.2) is 59.6 Å². The Morgan fingerprint density at radius 3 is 2.36 bits per heavy atom. The quantitative estimate of drug-likeness (QED) is 0.466. The van der Waals surface area contributed by atoms with E-state index in [1.54, 1.807) is 0 Å². The Hall–Kier alpha value is -2.81. The monoisotopic (exact) mass is 374 g/mol. The summed E-state index contributed by atoms with van der Waals surface area (Å²) in [4.78, 5) is 4.66. The second-order valence-electron chi connectivity index (χ2n) is 8.15. The maximum Gasteiger partial charge on any atom is 0.121 e. The van der Waals surface area contributed by atoms with Gasteiger partial charge in [0.1, 0.15) is 5.75 Å². The summed E-state index contributed by atoms with van der Waals surface area (Å²) < 4.78 is 7.84. The molecule has 3 nitrogen and oxygen atoms in total. The minimum Gasteiger partial charge on any atom is -0.494 e. The molecule has 3 heteroatoms. The highest BCUT2D eigenvalue weighted by atomic mass is 16.5. The fourth-order valence-corrected chi connectivity index (χ4v) is 3.39. The maximum absolute atomic E-state index is 5.56. The first-order valence-electron chi connectivity index (χ1n) is 9.86. The standard InChI is InChI=1S/C25H30N2O/c1-7-28-24-10-8-9-22(16-24)26-17-20-15-18(2)27(19(20)3)23-13-11-21(12-14-23)25(4,5)6/h8-17H,7H2,1-6H3. The minimum absolute atomic E-state index is 0.160. The van der Waals surface area contributed by atoms with Gasteiger partial charge in [0.15, 0.2) is 0 Å². The number of aryl methyl sites for hydroxylation is 1. The fourth-order valence-electron chi connectivity index (χ4n) is 3.39. The zero-order valence-corrected chi connectivity index (χ0v) is 17.8. The van der Waals surface area contributed by atoms with Crippen molar-refractivity contribution in [2.24, 2.45) is 4.99 Å². The van der Waals surface area contributed by atoms with Gasteiger partial charge in [-0.15, -0.1) is 0 Å². The van der Waals surface area contributed by atoms with Gasteiger partial charge >= 0.3 is 0 Å².